The Hall–Kier alpha value is -2.37. The number of benzene rings is 2. The topological polar surface area (TPSA) is 21.7 Å². The van der Waals surface area contributed by atoms with E-state index < -0.39 is 6.36 Å². The first-order valence-corrected chi connectivity index (χ1v) is 9.00. The van der Waals surface area contributed by atoms with Gasteiger partial charge in [0.1, 0.15) is 18.1 Å². The van der Waals surface area contributed by atoms with Gasteiger partial charge < -0.3 is 14.4 Å². The molecule has 0 N–H and O–H groups in total. The van der Waals surface area contributed by atoms with Crippen LogP contribution in [0.2, 0.25) is 0 Å². The number of anilines is 1. The van der Waals surface area contributed by atoms with Crippen molar-refractivity contribution in [2.45, 2.75) is 46.1 Å². The summed E-state index contributed by atoms with van der Waals surface area (Å²) in [5, 5.41) is 0. The van der Waals surface area contributed by atoms with Crippen molar-refractivity contribution in [1.29, 1.82) is 0 Å². The molecule has 146 valence electrons. The van der Waals surface area contributed by atoms with Crippen LogP contribution in [0.1, 0.15) is 42.0 Å². The lowest BCUT2D eigenvalue weighted by Gasteiger charge is -2.18. The molecule has 0 bridgehead atoms. The molecule has 3 rings (SSSR count). The van der Waals surface area contributed by atoms with E-state index in [1.807, 2.05) is 32.9 Å². The molecule has 2 aromatic carbocycles. The van der Waals surface area contributed by atoms with Crippen molar-refractivity contribution < 1.29 is 22.6 Å². The van der Waals surface area contributed by atoms with Crippen LogP contribution in [0.4, 0.5) is 18.9 Å². The zero-order valence-corrected chi connectivity index (χ0v) is 16.0. The van der Waals surface area contributed by atoms with E-state index in [1.165, 1.54) is 17.3 Å². The molecule has 0 saturated heterocycles. The maximum absolute atomic E-state index is 12.7. The Morgan fingerprint density at radius 3 is 2.52 bits per heavy atom. The molecule has 2 aromatic rings. The first-order chi connectivity index (χ1) is 12.7. The van der Waals surface area contributed by atoms with Gasteiger partial charge in [-0.1, -0.05) is 26.0 Å². The maximum Gasteiger partial charge on any atom is 0.573 e. The van der Waals surface area contributed by atoms with Gasteiger partial charge in [0.15, 0.2) is 0 Å². The molecule has 0 aromatic heterocycles. The second kappa shape index (κ2) is 7.33. The number of nitrogens with zero attached hydrogens (tertiary/aromatic N) is 1. The molecular weight excluding hydrogens is 355 g/mol. The van der Waals surface area contributed by atoms with Gasteiger partial charge in [-0.3, -0.25) is 0 Å². The fourth-order valence-electron chi connectivity index (χ4n) is 3.47. The van der Waals surface area contributed by atoms with E-state index >= 15 is 0 Å². The van der Waals surface area contributed by atoms with Crippen molar-refractivity contribution in [3.8, 4) is 11.5 Å². The Kier molecular flexibility index (Phi) is 5.27. The monoisotopic (exact) mass is 379 g/mol. The molecule has 0 spiro atoms. The van der Waals surface area contributed by atoms with Crippen LogP contribution < -0.4 is 14.4 Å². The minimum Gasteiger partial charge on any atom is -0.489 e. The Balaban J connectivity index is 1.80. The van der Waals surface area contributed by atoms with Crippen LogP contribution in [0, 0.1) is 6.92 Å². The van der Waals surface area contributed by atoms with Crippen LogP contribution in [-0.4, -0.2) is 20.0 Å². The number of fused-ring (bicyclic) bond motifs is 1. The molecule has 27 heavy (non-hydrogen) atoms. The number of hydrogen-bond donors (Lipinski definition) is 0. The van der Waals surface area contributed by atoms with E-state index in [-0.39, 0.29) is 18.3 Å². The summed E-state index contributed by atoms with van der Waals surface area (Å²) in [5.74, 6) is 0.523. The fraction of sp³-hybridized carbons (Fsp3) is 0.429. The van der Waals surface area contributed by atoms with Gasteiger partial charge in [-0.15, -0.1) is 13.2 Å². The lowest BCUT2D eigenvalue weighted by Crippen LogP contribution is -2.18. The SMILES string of the molecule is Cc1c(OCc2ccc(C(C)C)c(OC(F)(F)F)c2)ccc2c1CCN2C. The van der Waals surface area contributed by atoms with E-state index in [0.717, 1.165) is 24.3 Å². The lowest BCUT2D eigenvalue weighted by molar-refractivity contribution is -0.275. The largest absolute Gasteiger partial charge is 0.573 e. The summed E-state index contributed by atoms with van der Waals surface area (Å²) in [6, 6.07) is 8.83. The number of likely N-dealkylation sites (N-methyl/N-ethyl adjacent to an activating group) is 1. The van der Waals surface area contributed by atoms with Crippen molar-refractivity contribution in [3.05, 3.63) is 52.6 Å². The quantitative estimate of drug-likeness (QED) is 0.676. The first-order valence-electron chi connectivity index (χ1n) is 9.00. The van der Waals surface area contributed by atoms with Crippen LogP contribution in [-0.2, 0) is 13.0 Å². The van der Waals surface area contributed by atoms with Crippen molar-refractivity contribution in [2.24, 2.45) is 0 Å². The maximum atomic E-state index is 12.7. The molecule has 1 heterocycles. The van der Waals surface area contributed by atoms with Crippen molar-refractivity contribution >= 4 is 5.69 Å². The summed E-state index contributed by atoms with van der Waals surface area (Å²) in [7, 11) is 2.06. The summed E-state index contributed by atoms with van der Waals surface area (Å²) >= 11 is 0. The Morgan fingerprint density at radius 1 is 1.11 bits per heavy atom. The van der Waals surface area contributed by atoms with Gasteiger partial charge in [0.05, 0.1) is 0 Å². The Morgan fingerprint density at radius 2 is 1.85 bits per heavy atom. The van der Waals surface area contributed by atoms with Gasteiger partial charge in [-0.25, -0.2) is 0 Å². The number of hydrogen-bond acceptors (Lipinski definition) is 3. The number of alkyl halides is 3. The average molecular weight is 379 g/mol. The highest BCUT2D eigenvalue weighted by molar-refractivity contribution is 5.63. The van der Waals surface area contributed by atoms with E-state index in [2.05, 4.69) is 16.7 Å². The highest BCUT2D eigenvalue weighted by atomic mass is 19.4. The molecule has 1 aliphatic rings. The first kappa shape index (κ1) is 19.4. The minimum atomic E-state index is -4.72. The minimum absolute atomic E-state index is 0.0757. The molecule has 0 saturated carbocycles. The second-order valence-corrected chi connectivity index (χ2v) is 7.22. The van der Waals surface area contributed by atoms with E-state index in [4.69, 9.17) is 4.74 Å². The van der Waals surface area contributed by atoms with Gasteiger partial charge in [0.2, 0.25) is 0 Å². The zero-order valence-electron chi connectivity index (χ0n) is 16.0. The predicted molar refractivity (Wildman–Crippen MR) is 99.7 cm³/mol. The number of rotatable bonds is 5. The van der Waals surface area contributed by atoms with Crippen molar-refractivity contribution in [2.75, 3.05) is 18.5 Å². The molecule has 0 atom stereocenters. The van der Waals surface area contributed by atoms with E-state index in [1.54, 1.807) is 12.1 Å². The molecule has 6 heteroatoms. The third-order valence-corrected chi connectivity index (χ3v) is 4.95. The third kappa shape index (κ3) is 4.31. The molecule has 1 aliphatic heterocycles. The van der Waals surface area contributed by atoms with Gasteiger partial charge in [0.25, 0.3) is 0 Å². The highest BCUT2D eigenvalue weighted by Crippen LogP contribution is 2.36. The van der Waals surface area contributed by atoms with Crippen LogP contribution in [0.25, 0.3) is 0 Å². The van der Waals surface area contributed by atoms with Crippen molar-refractivity contribution in [3.63, 3.8) is 0 Å². The third-order valence-electron chi connectivity index (χ3n) is 4.95. The smallest absolute Gasteiger partial charge is 0.489 e. The normalized spacial score (nSPS) is 13.9. The highest BCUT2D eigenvalue weighted by Gasteiger charge is 2.32. The second-order valence-electron chi connectivity index (χ2n) is 7.22. The Labute approximate surface area is 157 Å². The van der Waals surface area contributed by atoms with Gasteiger partial charge in [0, 0.05) is 19.3 Å². The summed E-state index contributed by atoms with van der Waals surface area (Å²) in [4.78, 5) is 2.21. The van der Waals surface area contributed by atoms with Crippen molar-refractivity contribution in [1.82, 2.24) is 0 Å². The van der Waals surface area contributed by atoms with Crippen LogP contribution in [0.15, 0.2) is 30.3 Å². The fourth-order valence-corrected chi connectivity index (χ4v) is 3.47. The predicted octanol–water partition coefficient (Wildman–Crippen LogP) is 5.59. The number of halogens is 3. The zero-order chi connectivity index (χ0) is 19.8. The lowest BCUT2D eigenvalue weighted by atomic mass is 10.0. The van der Waals surface area contributed by atoms with Gasteiger partial charge in [-0.05, 0) is 59.7 Å². The van der Waals surface area contributed by atoms with E-state index in [9.17, 15) is 13.2 Å². The van der Waals surface area contributed by atoms with Crippen LogP contribution in [0.5, 0.6) is 11.5 Å². The van der Waals surface area contributed by atoms with Crippen LogP contribution in [0.3, 0.4) is 0 Å². The molecule has 0 aliphatic carbocycles. The molecule has 0 unspecified atom stereocenters. The van der Waals surface area contributed by atoms with E-state index in [0.29, 0.717) is 11.1 Å². The molecule has 0 amide bonds. The molecule has 0 radical (unpaired) electrons. The standard InChI is InChI=1S/C21H24F3NO2/c1-13(2)16-6-5-15(11-20(16)27-21(22,23)24)12-26-19-8-7-18-17(14(19)3)9-10-25(18)4/h5-8,11,13H,9-10,12H2,1-4H3. The van der Waals surface area contributed by atoms with Gasteiger partial charge >= 0.3 is 6.36 Å². The molecule has 0 fully saturated rings. The average Bonchev–Trinajstić information content (AvgIpc) is 2.94. The Bertz CT molecular complexity index is 831. The summed E-state index contributed by atoms with van der Waals surface area (Å²) < 4.78 is 48.3. The summed E-state index contributed by atoms with van der Waals surface area (Å²) in [6.07, 6.45) is -3.74. The molecular formula is C21H24F3NO2. The molecule has 3 nitrogen and oxygen atoms in total. The van der Waals surface area contributed by atoms with Gasteiger partial charge in [-0.2, -0.15) is 0 Å². The van der Waals surface area contributed by atoms with Crippen LogP contribution >= 0.6 is 0 Å². The summed E-state index contributed by atoms with van der Waals surface area (Å²) in [5.41, 5.74) is 4.72. The summed E-state index contributed by atoms with van der Waals surface area (Å²) in [6.45, 7) is 6.85. The number of ether oxygens (including phenoxy) is 2.